The lowest BCUT2D eigenvalue weighted by Gasteiger charge is -2.04. The van der Waals surface area contributed by atoms with Gasteiger partial charge in [-0.3, -0.25) is 4.98 Å². The molecule has 0 bridgehead atoms. The summed E-state index contributed by atoms with van der Waals surface area (Å²) in [7, 11) is 0. The van der Waals surface area contributed by atoms with Gasteiger partial charge in [0.15, 0.2) is 5.16 Å². The molecule has 2 aromatic carbocycles. The van der Waals surface area contributed by atoms with Crippen molar-refractivity contribution < 1.29 is 0 Å². The summed E-state index contributed by atoms with van der Waals surface area (Å²) in [5.74, 6) is 1.21. The molecule has 0 aliphatic heterocycles. The van der Waals surface area contributed by atoms with Gasteiger partial charge in [-0.15, -0.1) is 0 Å². The van der Waals surface area contributed by atoms with Crippen molar-refractivity contribution in [1.29, 1.82) is 0 Å². The Hall–Kier alpha value is -2.11. The lowest BCUT2D eigenvalue weighted by molar-refractivity contribution is 0.870. The van der Waals surface area contributed by atoms with Gasteiger partial charge in [0.1, 0.15) is 5.82 Å². The number of nitrogens with one attached hydrogen (secondary N) is 1. The standard InChI is InChI=1S/C16H12ClN3OS/c17-13-8-6-12(7-9-13)14-18-15(21)20-16(19-14)22-10-11-4-2-1-3-5-11/h1-9H,10H2,(H,18,19,20,21). The molecule has 0 saturated heterocycles. The van der Waals surface area contributed by atoms with Crippen molar-refractivity contribution in [3.8, 4) is 11.4 Å². The van der Waals surface area contributed by atoms with E-state index in [2.05, 4.69) is 15.0 Å². The molecule has 0 atom stereocenters. The smallest absolute Gasteiger partial charge is 0.290 e. The molecule has 0 saturated carbocycles. The molecule has 0 radical (unpaired) electrons. The molecule has 0 aliphatic carbocycles. The van der Waals surface area contributed by atoms with Crippen LogP contribution in [-0.2, 0) is 5.75 Å². The Bertz CT molecular complexity index is 819. The molecule has 0 unspecified atom stereocenters. The highest BCUT2D eigenvalue weighted by molar-refractivity contribution is 7.98. The number of benzene rings is 2. The number of aromatic nitrogens is 3. The Balaban J connectivity index is 1.84. The number of nitrogens with zero attached hydrogens (tertiary/aromatic N) is 2. The first-order chi connectivity index (χ1) is 10.7. The Morgan fingerprint density at radius 1 is 1.00 bits per heavy atom. The van der Waals surface area contributed by atoms with Gasteiger partial charge in [-0.2, -0.15) is 4.98 Å². The minimum atomic E-state index is -0.407. The van der Waals surface area contributed by atoms with Crippen molar-refractivity contribution in [3.63, 3.8) is 0 Å². The predicted molar refractivity (Wildman–Crippen MR) is 89.1 cm³/mol. The summed E-state index contributed by atoms with van der Waals surface area (Å²) in [5, 5.41) is 1.09. The number of rotatable bonds is 4. The molecule has 0 spiro atoms. The summed E-state index contributed by atoms with van der Waals surface area (Å²) in [4.78, 5) is 22.7. The van der Waals surface area contributed by atoms with E-state index in [1.54, 1.807) is 12.1 Å². The largest absolute Gasteiger partial charge is 0.349 e. The summed E-state index contributed by atoms with van der Waals surface area (Å²) in [6.07, 6.45) is 0. The third kappa shape index (κ3) is 3.75. The van der Waals surface area contributed by atoms with E-state index < -0.39 is 5.69 Å². The van der Waals surface area contributed by atoms with Gasteiger partial charge in [-0.1, -0.05) is 53.7 Å². The van der Waals surface area contributed by atoms with Crippen molar-refractivity contribution in [2.75, 3.05) is 0 Å². The first-order valence-electron chi connectivity index (χ1n) is 6.62. The highest BCUT2D eigenvalue weighted by atomic mass is 35.5. The van der Waals surface area contributed by atoms with Crippen LogP contribution in [0.15, 0.2) is 64.5 Å². The first-order valence-corrected chi connectivity index (χ1v) is 7.98. The van der Waals surface area contributed by atoms with Gasteiger partial charge in [-0.05, 0) is 29.8 Å². The zero-order chi connectivity index (χ0) is 15.4. The van der Waals surface area contributed by atoms with Crippen LogP contribution < -0.4 is 5.69 Å². The van der Waals surface area contributed by atoms with Crippen molar-refractivity contribution in [2.45, 2.75) is 10.9 Å². The Kier molecular flexibility index (Phi) is 4.56. The number of hydrogen-bond acceptors (Lipinski definition) is 4. The van der Waals surface area contributed by atoms with E-state index in [0.717, 1.165) is 11.1 Å². The summed E-state index contributed by atoms with van der Waals surface area (Å²) < 4.78 is 0. The van der Waals surface area contributed by atoms with Crippen molar-refractivity contribution in [1.82, 2.24) is 15.0 Å². The number of H-pyrrole nitrogens is 1. The predicted octanol–water partition coefficient (Wildman–Crippen LogP) is 3.78. The highest BCUT2D eigenvalue weighted by Gasteiger charge is 2.06. The van der Waals surface area contributed by atoms with Gasteiger partial charge in [-0.25, -0.2) is 9.78 Å². The van der Waals surface area contributed by atoms with E-state index in [0.29, 0.717) is 21.8 Å². The average Bonchev–Trinajstić information content (AvgIpc) is 2.54. The lowest BCUT2D eigenvalue weighted by atomic mass is 10.2. The molecule has 0 amide bonds. The molecule has 110 valence electrons. The molecule has 1 heterocycles. The van der Waals surface area contributed by atoms with E-state index >= 15 is 0 Å². The van der Waals surface area contributed by atoms with Crippen LogP contribution in [0.5, 0.6) is 0 Å². The van der Waals surface area contributed by atoms with Crippen LogP contribution in [-0.4, -0.2) is 15.0 Å². The van der Waals surface area contributed by atoms with Crippen LogP contribution in [0, 0.1) is 0 Å². The van der Waals surface area contributed by atoms with Crippen molar-refractivity contribution >= 4 is 23.4 Å². The van der Waals surface area contributed by atoms with Gasteiger partial charge < -0.3 is 0 Å². The maximum absolute atomic E-state index is 11.7. The lowest BCUT2D eigenvalue weighted by Crippen LogP contribution is -2.14. The third-order valence-electron chi connectivity index (χ3n) is 2.96. The molecule has 3 aromatic rings. The van der Waals surface area contributed by atoms with Gasteiger partial charge in [0.25, 0.3) is 0 Å². The van der Waals surface area contributed by atoms with Crippen LogP contribution in [0.4, 0.5) is 0 Å². The molecule has 3 rings (SSSR count). The molecular formula is C16H12ClN3OS. The van der Waals surface area contributed by atoms with Gasteiger partial charge in [0, 0.05) is 16.3 Å². The van der Waals surface area contributed by atoms with Gasteiger partial charge in [0.2, 0.25) is 0 Å². The normalized spacial score (nSPS) is 10.6. The van der Waals surface area contributed by atoms with Crippen LogP contribution in [0.25, 0.3) is 11.4 Å². The monoisotopic (exact) mass is 329 g/mol. The number of halogens is 1. The second-order valence-electron chi connectivity index (χ2n) is 4.57. The van der Waals surface area contributed by atoms with E-state index in [1.807, 2.05) is 42.5 Å². The second-order valence-corrected chi connectivity index (χ2v) is 5.95. The molecule has 0 aliphatic rings. The molecule has 4 nitrogen and oxygen atoms in total. The molecule has 22 heavy (non-hydrogen) atoms. The van der Waals surface area contributed by atoms with E-state index in [4.69, 9.17) is 11.6 Å². The van der Waals surface area contributed by atoms with Gasteiger partial charge in [0.05, 0.1) is 0 Å². The number of thioether (sulfide) groups is 1. The van der Waals surface area contributed by atoms with E-state index in [1.165, 1.54) is 11.8 Å². The fraction of sp³-hybridized carbons (Fsp3) is 0.0625. The molecule has 0 fully saturated rings. The maximum atomic E-state index is 11.7. The topological polar surface area (TPSA) is 58.6 Å². The molecular weight excluding hydrogens is 318 g/mol. The molecule has 1 N–H and O–H groups in total. The second kappa shape index (κ2) is 6.77. The van der Waals surface area contributed by atoms with Crippen LogP contribution in [0.1, 0.15) is 5.56 Å². The zero-order valence-corrected chi connectivity index (χ0v) is 13.1. The number of aromatic amines is 1. The summed E-state index contributed by atoms with van der Waals surface area (Å²) in [6.45, 7) is 0. The minimum Gasteiger partial charge on any atom is -0.290 e. The Labute approximate surface area is 136 Å². The summed E-state index contributed by atoms with van der Waals surface area (Å²) in [5.41, 5.74) is 1.55. The highest BCUT2D eigenvalue weighted by Crippen LogP contribution is 2.21. The van der Waals surface area contributed by atoms with E-state index in [-0.39, 0.29) is 0 Å². The SMILES string of the molecule is O=c1nc(SCc2ccccc2)nc(-c2ccc(Cl)cc2)[nH]1. The Morgan fingerprint density at radius 2 is 1.73 bits per heavy atom. The molecule has 1 aromatic heterocycles. The molecule has 6 heteroatoms. The van der Waals surface area contributed by atoms with Crippen LogP contribution in [0.3, 0.4) is 0 Å². The summed E-state index contributed by atoms with van der Waals surface area (Å²) >= 11 is 7.30. The van der Waals surface area contributed by atoms with Crippen LogP contribution in [0.2, 0.25) is 5.02 Å². The third-order valence-corrected chi connectivity index (χ3v) is 4.13. The summed E-state index contributed by atoms with van der Waals surface area (Å²) in [6, 6.07) is 17.1. The van der Waals surface area contributed by atoms with Crippen molar-refractivity contribution in [2.24, 2.45) is 0 Å². The maximum Gasteiger partial charge on any atom is 0.349 e. The van der Waals surface area contributed by atoms with Crippen molar-refractivity contribution in [3.05, 3.63) is 75.7 Å². The average molecular weight is 330 g/mol. The minimum absolute atomic E-state index is 0.407. The van der Waals surface area contributed by atoms with Crippen LogP contribution >= 0.6 is 23.4 Å². The Morgan fingerprint density at radius 3 is 2.45 bits per heavy atom. The fourth-order valence-electron chi connectivity index (χ4n) is 1.90. The fourth-order valence-corrected chi connectivity index (χ4v) is 2.81. The van der Waals surface area contributed by atoms with Gasteiger partial charge >= 0.3 is 5.69 Å². The quantitative estimate of drug-likeness (QED) is 0.740. The van der Waals surface area contributed by atoms with E-state index in [9.17, 15) is 4.79 Å². The number of hydrogen-bond donors (Lipinski definition) is 1. The zero-order valence-electron chi connectivity index (χ0n) is 11.5. The first kappa shape index (κ1) is 14.8.